The molecule has 0 aliphatic rings. The number of anilines is 1. The predicted molar refractivity (Wildman–Crippen MR) is 77.7 cm³/mol. The summed E-state index contributed by atoms with van der Waals surface area (Å²) < 4.78 is 38.9. The molecule has 6 heteroatoms. The van der Waals surface area contributed by atoms with Gasteiger partial charge in [-0.05, 0) is 30.5 Å². The summed E-state index contributed by atoms with van der Waals surface area (Å²) in [6.07, 6.45) is -1.99. The topological polar surface area (TPSA) is 42.0 Å². The normalized spacial score (nSPS) is 11.3. The molecular weight excluding hydrogens is 293 g/mol. The zero-order valence-corrected chi connectivity index (χ0v) is 12.2. The maximum Gasteiger partial charge on any atom is 0.417 e. The number of rotatable bonds is 3. The van der Waals surface area contributed by atoms with Gasteiger partial charge in [0.05, 0.1) is 11.1 Å². The number of aromatic nitrogens is 1. The van der Waals surface area contributed by atoms with E-state index in [1.165, 1.54) is 0 Å². The second-order valence-corrected chi connectivity index (χ2v) is 4.84. The maximum absolute atomic E-state index is 13.0. The van der Waals surface area contributed by atoms with Crippen LogP contribution in [0.4, 0.5) is 18.9 Å². The Morgan fingerprint density at radius 2 is 2.00 bits per heavy atom. The van der Waals surface area contributed by atoms with E-state index in [9.17, 15) is 18.0 Å². The van der Waals surface area contributed by atoms with Gasteiger partial charge in [0.15, 0.2) is 0 Å². The monoisotopic (exact) mass is 308 g/mol. The summed E-state index contributed by atoms with van der Waals surface area (Å²) in [6.45, 7) is 3.71. The summed E-state index contributed by atoms with van der Waals surface area (Å²) >= 11 is 0. The van der Waals surface area contributed by atoms with Crippen molar-refractivity contribution in [2.24, 2.45) is 0 Å². The van der Waals surface area contributed by atoms with Crippen LogP contribution in [0, 0.1) is 6.92 Å². The molecule has 1 N–H and O–H groups in total. The first-order chi connectivity index (χ1) is 10.3. The van der Waals surface area contributed by atoms with Crippen LogP contribution in [0.3, 0.4) is 0 Å². The minimum atomic E-state index is -4.60. The van der Waals surface area contributed by atoms with E-state index < -0.39 is 23.2 Å². The molecule has 22 heavy (non-hydrogen) atoms. The molecule has 1 aromatic heterocycles. The summed E-state index contributed by atoms with van der Waals surface area (Å²) in [5.41, 5.74) is 0.731. The van der Waals surface area contributed by atoms with E-state index in [1.54, 1.807) is 13.0 Å². The van der Waals surface area contributed by atoms with Crippen molar-refractivity contribution in [3.8, 4) is 0 Å². The molecule has 1 amide bonds. The Bertz CT molecular complexity index is 696. The largest absolute Gasteiger partial charge is 0.417 e. The first kappa shape index (κ1) is 16.0. The third-order valence-electron chi connectivity index (χ3n) is 3.35. The minimum absolute atomic E-state index is 0.486. The van der Waals surface area contributed by atoms with Crippen molar-refractivity contribution in [3.63, 3.8) is 0 Å². The number of alkyl halides is 3. The highest BCUT2D eigenvalue weighted by Gasteiger charge is 2.35. The molecule has 3 nitrogen and oxygen atoms in total. The molecule has 0 radical (unpaired) electrons. The number of halogens is 3. The lowest BCUT2D eigenvalue weighted by molar-refractivity contribution is -0.137. The first-order valence-corrected chi connectivity index (χ1v) is 6.75. The van der Waals surface area contributed by atoms with Crippen LogP contribution in [0.1, 0.15) is 34.0 Å². The van der Waals surface area contributed by atoms with Gasteiger partial charge in [-0.1, -0.05) is 25.1 Å². The minimum Gasteiger partial charge on any atom is -0.321 e. The predicted octanol–water partition coefficient (Wildman–Crippen LogP) is 4.22. The summed E-state index contributed by atoms with van der Waals surface area (Å²) in [5.74, 6) is -0.815. The van der Waals surface area contributed by atoms with E-state index in [0.29, 0.717) is 12.1 Å². The summed E-state index contributed by atoms with van der Waals surface area (Å²) in [5, 5.41) is 2.58. The van der Waals surface area contributed by atoms with Crippen molar-refractivity contribution in [1.29, 1.82) is 0 Å². The van der Waals surface area contributed by atoms with Crippen LogP contribution in [0.25, 0.3) is 0 Å². The van der Waals surface area contributed by atoms with E-state index in [4.69, 9.17) is 0 Å². The van der Waals surface area contributed by atoms with Crippen molar-refractivity contribution in [2.45, 2.75) is 26.4 Å². The van der Waals surface area contributed by atoms with Crippen LogP contribution in [0.15, 0.2) is 36.7 Å². The van der Waals surface area contributed by atoms with Crippen molar-refractivity contribution in [1.82, 2.24) is 4.98 Å². The summed E-state index contributed by atoms with van der Waals surface area (Å²) in [4.78, 5) is 15.9. The molecule has 2 rings (SSSR count). The van der Waals surface area contributed by atoms with Gasteiger partial charge < -0.3 is 5.32 Å². The van der Waals surface area contributed by atoms with Gasteiger partial charge in [-0.15, -0.1) is 0 Å². The molecule has 0 saturated heterocycles. The highest BCUT2D eigenvalue weighted by molar-refractivity contribution is 6.06. The fourth-order valence-electron chi connectivity index (χ4n) is 2.21. The quantitative estimate of drug-likeness (QED) is 0.922. The molecule has 0 atom stereocenters. The smallest absolute Gasteiger partial charge is 0.321 e. The second kappa shape index (κ2) is 6.17. The maximum atomic E-state index is 13.0. The Balaban J connectivity index is 2.40. The van der Waals surface area contributed by atoms with Gasteiger partial charge in [-0.25, -0.2) is 0 Å². The highest BCUT2D eigenvalue weighted by Crippen LogP contribution is 2.32. The molecule has 0 aliphatic carbocycles. The second-order valence-electron chi connectivity index (χ2n) is 4.84. The zero-order valence-electron chi connectivity index (χ0n) is 12.2. The third-order valence-corrected chi connectivity index (χ3v) is 3.35. The molecule has 0 unspecified atom stereocenters. The van der Waals surface area contributed by atoms with Crippen LogP contribution in [0.2, 0.25) is 0 Å². The average Bonchev–Trinajstić information content (AvgIpc) is 2.48. The van der Waals surface area contributed by atoms with Gasteiger partial charge >= 0.3 is 6.18 Å². The van der Waals surface area contributed by atoms with Gasteiger partial charge in [-0.3, -0.25) is 9.78 Å². The van der Waals surface area contributed by atoms with Gasteiger partial charge in [-0.2, -0.15) is 13.2 Å². The van der Waals surface area contributed by atoms with E-state index in [-0.39, 0.29) is 0 Å². The van der Waals surface area contributed by atoms with Gasteiger partial charge in [0.1, 0.15) is 0 Å². The Hall–Kier alpha value is -2.37. The number of benzene rings is 1. The number of amides is 1. The zero-order chi connectivity index (χ0) is 16.3. The Kier molecular flexibility index (Phi) is 4.49. The van der Waals surface area contributed by atoms with E-state index in [2.05, 4.69) is 10.3 Å². The Labute approximate surface area is 126 Å². The van der Waals surface area contributed by atoms with Crippen LogP contribution < -0.4 is 5.32 Å². The van der Waals surface area contributed by atoms with Crippen molar-refractivity contribution in [2.75, 3.05) is 5.32 Å². The molecule has 0 aliphatic heterocycles. The molecule has 0 spiro atoms. The van der Waals surface area contributed by atoms with Crippen molar-refractivity contribution >= 4 is 11.6 Å². The van der Waals surface area contributed by atoms with E-state index in [1.807, 2.05) is 19.1 Å². The molecule has 1 heterocycles. The lowest BCUT2D eigenvalue weighted by Gasteiger charge is -2.15. The Morgan fingerprint density at radius 1 is 1.27 bits per heavy atom. The fraction of sp³-hybridized carbons (Fsp3) is 0.250. The van der Waals surface area contributed by atoms with Gasteiger partial charge in [0.25, 0.3) is 5.91 Å². The number of para-hydroxylation sites is 1. The third kappa shape index (κ3) is 3.27. The lowest BCUT2D eigenvalue weighted by Crippen LogP contribution is -2.20. The molecule has 1 aromatic carbocycles. The summed E-state index contributed by atoms with van der Waals surface area (Å²) in [7, 11) is 0. The van der Waals surface area contributed by atoms with Crippen LogP contribution in [0.5, 0.6) is 0 Å². The van der Waals surface area contributed by atoms with Crippen LogP contribution >= 0.6 is 0 Å². The number of aryl methyl sites for hydroxylation is 2. The van der Waals surface area contributed by atoms with E-state index in [0.717, 1.165) is 29.6 Å². The number of pyridine rings is 1. The average molecular weight is 308 g/mol. The molecule has 116 valence electrons. The molecule has 0 saturated carbocycles. The lowest BCUT2D eigenvalue weighted by atomic mass is 10.0. The van der Waals surface area contributed by atoms with Crippen molar-refractivity contribution in [3.05, 3.63) is 58.9 Å². The number of hydrogen-bond donors (Lipinski definition) is 1. The van der Waals surface area contributed by atoms with Crippen molar-refractivity contribution < 1.29 is 18.0 Å². The number of carbonyl (C=O) groups is 1. The van der Waals surface area contributed by atoms with Crippen LogP contribution in [-0.4, -0.2) is 10.9 Å². The van der Waals surface area contributed by atoms with E-state index >= 15 is 0 Å². The SMILES string of the molecule is CCc1cccc(C)c1NC(=O)c1cnccc1C(F)(F)F. The number of hydrogen-bond acceptors (Lipinski definition) is 2. The first-order valence-electron chi connectivity index (χ1n) is 6.75. The molecule has 0 fully saturated rings. The molecule has 2 aromatic rings. The number of nitrogens with zero attached hydrogens (tertiary/aromatic N) is 1. The van der Waals surface area contributed by atoms with Gasteiger partial charge in [0, 0.05) is 18.1 Å². The number of carbonyl (C=O) groups excluding carboxylic acids is 1. The fourth-order valence-corrected chi connectivity index (χ4v) is 2.21. The number of nitrogens with one attached hydrogen (secondary N) is 1. The van der Waals surface area contributed by atoms with Gasteiger partial charge in [0.2, 0.25) is 0 Å². The Morgan fingerprint density at radius 3 is 2.64 bits per heavy atom. The molecule has 0 bridgehead atoms. The summed E-state index contributed by atoms with van der Waals surface area (Å²) in [6, 6.07) is 6.27. The highest BCUT2D eigenvalue weighted by atomic mass is 19.4. The standard InChI is InChI=1S/C16H15F3N2O/c1-3-11-6-4-5-10(2)14(11)21-15(22)12-9-20-8-7-13(12)16(17,18)19/h4-9H,3H2,1-2H3,(H,21,22). The molecular formula is C16H15F3N2O. The van der Waals surface area contributed by atoms with Crippen LogP contribution in [-0.2, 0) is 12.6 Å².